The van der Waals surface area contributed by atoms with Crippen LogP contribution in [0.1, 0.15) is 25.3 Å². The summed E-state index contributed by atoms with van der Waals surface area (Å²) in [5.74, 6) is 1.79. The van der Waals surface area contributed by atoms with Gasteiger partial charge in [-0.1, -0.05) is 135 Å². The average Bonchev–Trinajstić information content (AvgIpc) is 3.83. The highest BCUT2D eigenvalue weighted by Crippen LogP contribution is 2.43. The van der Waals surface area contributed by atoms with Gasteiger partial charge in [0.15, 0.2) is 17.5 Å². The quantitative estimate of drug-likeness (QED) is 0.153. The van der Waals surface area contributed by atoms with Crippen LogP contribution in [0.15, 0.2) is 167 Å². The van der Waals surface area contributed by atoms with Crippen LogP contribution in [0.25, 0.3) is 111 Å². The Morgan fingerprint density at radius 1 is 0.429 bits per heavy atom. The van der Waals surface area contributed by atoms with Crippen molar-refractivity contribution in [2.45, 2.75) is 26.2 Å². The number of hydrogen-bond acceptors (Lipinski definition) is 5. The first-order chi connectivity index (χ1) is 27.7. The minimum absolute atomic E-state index is 0.571. The van der Waals surface area contributed by atoms with Crippen LogP contribution in [0, 0.1) is 0 Å². The normalized spacial score (nSPS) is 11.9. The molecule has 0 saturated heterocycles. The highest BCUT2D eigenvalue weighted by molar-refractivity contribution is 6.16. The summed E-state index contributed by atoms with van der Waals surface area (Å²) < 4.78 is 13.3. The fraction of sp³-hybridized carbons (Fsp3) is 0.0784. The Bertz CT molecular complexity index is 3300. The van der Waals surface area contributed by atoms with Gasteiger partial charge < -0.3 is 8.83 Å². The molecule has 0 fully saturated rings. The summed E-state index contributed by atoms with van der Waals surface area (Å²) in [5, 5.41) is 8.77. The van der Waals surface area contributed by atoms with E-state index in [-0.39, 0.29) is 0 Å². The fourth-order valence-corrected chi connectivity index (χ4v) is 8.37. The Hall–Kier alpha value is -7.11. The topological polar surface area (TPSA) is 65.0 Å². The molecule has 0 aliphatic carbocycles. The number of benzene rings is 8. The van der Waals surface area contributed by atoms with Gasteiger partial charge in [0.05, 0.1) is 0 Å². The van der Waals surface area contributed by atoms with Crippen molar-refractivity contribution in [3.8, 4) is 45.3 Å². The second-order valence-corrected chi connectivity index (χ2v) is 14.6. The number of furan rings is 2. The van der Waals surface area contributed by atoms with Crippen molar-refractivity contribution in [3.63, 3.8) is 0 Å². The molecule has 0 spiro atoms. The first-order valence-electron chi connectivity index (χ1n) is 19.3. The largest absolute Gasteiger partial charge is 0.456 e. The molecule has 0 saturated carbocycles. The summed E-state index contributed by atoms with van der Waals surface area (Å²) in [6.45, 7) is 2.23. The van der Waals surface area contributed by atoms with Crippen molar-refractivity contribution >= 4 is 65.4 Å². The standard InChI is InChI=1S/C51H35N3O2/c1-2-3-14-31-25-26-45-41(27-31)39-23-13-22-36(48(39)56-45)34-29-43(47-40-21-11-12-24-44(40)55-46(47)30-34)51-53-49(32-15-5-4-6-16-32)52-50(54-51)42-28-33-17-7-8-18-35(33)37-19-9-10-20-38(37)42/h4-13,15-30H,2-3,14H2,1H3. The molecule has 0 amide bonds. The molecule has 0 atom stereocenters. The zero-order chi connectivity index (χ0) is 37.2. The maximum atomic E-state index is 6.67. The van der Waals surface area contributed by atoms with Crippen LogP contribution in [0.3, 0.4) is 0 Å². The monoisotopic (exact) mass is 721 g/mol. The van der Waals surface area contributed by atoms with Gasteiger partial charge in [0.2, 0.25) is 0 Å². The van der Waals surface area contributed by atoms with Gasteiger partial charge in [0.25, 0.3) is 0 Å². The summed E-state index contributed by atoms with van der Waals surface area (Å²) in [5.41, 5.74) is 9.30. The van der Waals surface area contributed by atoms with E-state index >= 15 is 0 Å². The van der Waals surface area contributed by atoms with E-state index in [0.717, 1.165) is 107 Å². The maximum Gasteiger partial charge on any atom is 0.164 e. The molecular formula is C51H35N3O2. The molecule has 8 aromatic carbocycles. The minimum Gasteiger partial charge on any atom is -0.456 e. The van der Waals surface area contributed by atoms with Crippen LogP contribution < -0.4 is 0 Å². The van der Waals surface area contributed by atoms with E-state index in [1.54, 1.807) is 0 Å². The van der Waals surface area contributed by atoms with Crippen LogP contribution in [-0.4, -0.2) is 15.0 Å². The summed E-state index contributed by atoms with van der Waals surface area (Å²) in [6, 6.07) is 54.9. The summed E-state index contributed by atoms with van der Waals surface area (Å²) in [4.78, 5) is 15.8. The lowest BCUT2D eigenvalue weighted by molar-refractivity contribution is 0.668. The molecule has 0 aliphatic rings. The number of para-hydroxylation sites is 2. The van der Waals surface area contributed by atoms with Gasteiger partial charge in [0, 0.05) is 43.8 Å². The zero-order valence-corrected chi connectivity index (χ0v) is 30.8. The van der Waals surface area contributed by atoms with Crippen molar-refractivity contribution < 1.29 is 8.83 Å². The molecule has 0 N–H and O–H groups in total. The second kappa shape index (κ2) is 13.0. The summed E-state index contributed by atoms with van der Waals surface area (Å²) in [7, 11) is 0. The van der Waals surface area contributed by atoms with E-state index in [2.05, 4.69) is 128 Å². The third kappa shape index (κ3) is 5.27. The van der Waals surface area contributed by atoms with Crippen LogP contribution in [-0.2, 0) is 6.42 Å². The van der Waals surface area contributed by atoms with Gasteiger partial charge in [0.1, 0.15) is 22.3 Å². The van der Waals surface area contributed by atoms with Crippen molar-refractivity contribution in [2.75, 3.05) is 0 Å². The van der Waals surface area contributed by atoms with Gasteiger partial charge in [-0.3, -0.25) is 0 Å². The van der Waals surface area contributed by atoms with Crippen molar-refractivity contribution in [2.24, 2.45) is 0 Å². The van der Waals surface area contributed by atoms with Crippen LogP contribution in [0.4, 0.5) is 0 Å². The Morgan fingerprint density at radius 2 is 1.12 bits per heavy atom. The highest BCUT2D eigenvalue weighted by Gasteiger charge is 2.22. The van der Waals surface area contributed by atoms with Gasteiger partial charge >= 0.3 is 0 Å². The molecule has 5 heteroatoms. The predicted molar refractivity (Wildman–Crippen MR) is 230 cm³/mol. The number of unbranched alkanes of at least 4 members (excludes halogenated alkanes) is 1. The lowest BCUT2D eigenvalue weighted by atomic mass is 9.96. The summed E-state index contributed by atoms with van der Waals surface area (Å²) >= 11 is 0. The smallest absolute Gasteiger partial charge is 0.164 e. The molecule has 11 rings (SSSR count). The molecule has 5 nitrogen and oxygen atoms in total. The summed E-state index contributed by atoms with van der Waals surface area (Å²) in [6.07, 6.45) is 3.38. The third-order valence-corrected chi connectivity index (χ3v) is 11.1. The van der Waals surface area contributed by atoms with E-state index in [1.807, 2.05) is 36.4 Å². The number of aryl methyl sites for hydroxylation is 1. The van der Waals surface area contributed by atoms with E-state index in [0.29, 0.717) is 17.5 Å². The lowest BCUT2D eigenvalue weighted by Crippen LogP contribution is -2.01. The van der Waals surface area contributed by atoms with Gasteiger partial charge in [-0.05, 0) is 81.9 Å². The Labute approximate surface area is 322 Å². The molecule has 3 heterocycles. The highest BCUT2D eigenvalue weighted by atomic mass is 16.3. The van der Waals surface area contributed by atoms with E-state index in [1.165, 1.54) is 10.9 Å². The van der Waals surface area contributed by atoms with Crippen molar-refractivity contribution in [1.29, 1.82) is 0 Å². The molecule has 11 aromatic rings. The molecule has 56 heavy (non-hydrogen) atoms. The molecule has 0 aliphatic heterocycles. The number of rotatable bonds is 7. The first kappa shape index (κ1) is 32.3. The van der Waals surface area contributed by atoms with Gasteiger partial charge in [-0.2, -0.15) is 0 Å². The third-order valence-electron chi connectivity index (χ3n) is 11.1. The van der Waals surface area contributed by atoms with Crippen molar-refractivity contribution in [1.82, 2.24) is 15.0 Å². The zero-order valence-electron chi connectivity index (χ0n) is 30.8. The first-order valence-corrected chi connectivity index (χ1v) is 19.3. The molecular weight excluding hydrogens is 687 g/mol. The van der Waals surface area contributed by atoms with Crippen LogP contribution in [0.5, 0.6) is 0 Å². The second-order valence-electron chi connectivity index (χ2n) is 14.6. The number of aromatic nitrogens is 3. The average molecular weight is 722 g/mol. The number of hydrogen-bond donors (Lipinski definition) is 0. The SMILES string of the molecule is CCCCc1ccc2oc3c(-c4cc(-c5nc(-c6ccccc6)nc(-c6cc7ccccc7c7ccccc67)n5)c5c(c4)oc4ccccc45)cccc3c2c1. The van der Waals surface area contributed by atoms with E-state index in [4.69, 9.17) is 23.8 Å². The van der Waals surface area contributed by atoms with E-state index < -0.39 is 0 Å². The Balaban J connectivity index is 1.19. The molecule has 3 aromatic heterocycles. The molecule has 0 bridgehead atoms. The number of nitrogens with zero attached hydrogens (tertiary/aromatic N) is 3. The molecule has 266 valence electrons. The molecule has 0 unspecified atom stereocenters. The van der Waals surface area contributed by atoms with Crippen LogP contribution in [0.2, 0.25) is 0 Å². The van der Waals surface area contributed by atoms with Gasteiger partial charge in [-0.15, -0.1) is 0 Å². The van der Waals surface area contributed by atoms with Crippen LogP contribution >= 0.6 is 0 Å². The minimum atomic E-state index is 0.571. The predicted octanol–water partition coefficient (Wildman–Crippen LogP) is 14.0. The Kier molecular flexibility index (Phi) is 7.52. The Morgan fingerprint density at radius 3 is 1.98 bits per heavy atom. The van der Waals surface area contributed by atoms with Gasteiger partial charge in [-0.25, -0.2) is 15.0 Å². The maximum absolute atomic E-state index is 6.67. The van der Waals surface area contributed by atoms with E-state index in [9.17, 15) is 0 Å². The van der Waals surface area contributed by atoms with Crippen molar-refractivity contribution in [3.05, 3.63) is 163 Å². The molecule has 0 radical (unpaired) electrons. The number of fused-ring (bicyclic) bond motifs is 9. The lowest BCUT2D eigenvalue weighted by Gasteiger charge is -2.13. The fourth-order valence-electron chi connectivity index (χ4n) is 8.37.